The van der Waals surface area contributed by atoms with Gasteiger partial charge >= 0.3 is 0 Å². The Morgan fingerprint density at radius 3 is 2.58 bits per heavy atom. The Morgan fingerprint density at radius 1 is 1.23 bits per heavy atom. The maximum Gasteiger partial charge on any atom is 0.273 e. The lowest BCUT2D eigenvalue weighted by molar-refractivity contribution is -0.115. The van der Waals surface area contributed by atoms with E-state index in [-0.39, 0.29) is 33.6 Å². The van der Waals surface area contributed by atoms with Gasteiger partial charge in [-0.3, -0.25) is 14.2 Å². The molecule has 1 aromatic heterocycles. The Balaban J connectivity index is 2.30. The van der Waals surface area contributed by atoms with Crippen molar-refractivity contribution in [1.29, 1.82) is 5.26 Å². The number of rotatable bonds is 6. The van der Waals surface area contributed by atoms with Gasteiger partial charge in [0.2, 0.25) is 0 Å². The highest BCUT2D eigenvalue weighted by molar-refractivity contribution is 7.07. The number of carbonyl (C=O) groups excluding carboxylic acids is 1. The van der Waals surface area contributed by atoms with Gasteiger partial charge in [-0.05, 0) is 35.9 Å². The van der Waals surface area contributed by atoms with E-state index >= 15 is 0 Å². The molecule has 158 valence electrons. The summed E-state index contributed by atoms with van der Waals surface area (Å²) in [6, 6.07) is 12.8. The number of hydrogen-bond donors (Lipinski definition) is 1. The largest absolute Gasteiger partial charge is 0.383 e. The number of benzene rings is 2. The lowest BCUT2D eigenvalue weighted by Crippen LogP contribution is -2.35. The first-order valence-corrected chi connectivity index (χ1v) is 9.93. The Morgan fingerprint density at radius 2 is 1.94 bits per heavy atom. The monoisotopic (exact) mass is 441 g/mol. The number of aromatic nitrogens is 1. The lowest BCUT2D eigenvalue weighted by Gasteiger charge is -2.06. The molecule has 2 aromatic carbocycles. The van der Waals surface area contributed by atoms with Crippen LogP contribution in [0.15, 0.2) is 53.3 Å². The molecular formula is C22H17F2N3O3S. The molecule has 0 radical (unpaired) electrons. The van der Waals surface area contributed by atoms with Crippen LogP contribution >= 0.6 is 11.3 Å². The van der Waals surface area contributed by atoms with Gasteiger partial charge in [-0.25, -0.2) is 8.78 Å². The highest BCUT2D eigenvalue weighted by Crippen LogP contribution is 2.10. The lowest BCUT2D eigenvalue weighted by atomic mass is 10.2. The van der Waals surface area contributed by atoms with Crippen LogP contribution in [0.1, 0.15) is 5.56 Å². The molecule has 0 atom stereocenters. The van der Waals surface area contributed by atoms with E-state index in [4.69, 9.17) is 4.74 Å². The SMILES string of the molecule is COCCNC(=O)/C(C#N)=c1\s/c(=C\c2ccc(F)cc2)c(=O)n1-c1ccccc1F. The summed E-state index contributed by atoms with van der Waals surface area (Å²) in [6.07, 6.45) is 1.49. The minimum absolute atomic E-state index is 0.0131. The Kier molecular flexibility index (Phi) is 7.07. The summed E-state index contributed by atoms with van der Waals surface area (Å²) in [7, 11) is 1.47. The number of hydrogen-bond acceptors (Lipinski definition) is 5. The van der Waals surface area contributed by atoms with Crippen LogP contribution in [0.3, 0.4) is 0 Å². The van der Waals surface area contributed by atoms with Crippen LogP contribution < -0.4 is 20.1 Å². The molecule has 0 unspecified atom stereocenters. The summed E-state index contributed by atoms with van der Waals surface area (Å²) in [6.45, 7) is 0.392. The number of nitrogens with one attached hydrogen (secondary N) is 1. The average molecular weight is 441 g/mol. The van der Waals surface area contributed by atoms with Crippen molar-refractivity contribution in [3.8, 4) is 11.8 Å². The van der Waals surface area contributed by atoms with E-state index in [1.165, 1.54) is 55.7 Å². The smallest absolute Gasteiger partial charge is 0.273 e. The zero-order valence-electron chi connectivity index (χ0n) is 16.4. The standard InChI is InChI=1S/C22H17F2N3O3S/c1-30-11-10-26-20(28)16(13-25)22-27(18-5-3-2-4-17(18)24)21(29)19(31-22)12-14-6-8-15(23)9-7-14/h2-9,12H,10-11H2,1H3,(H,26,28)/b19-12-,22-16-. The summed E-state index contributed by atoms with van der Waals surface area (Å²) in [5, 5.41) is 12.2. The quantitative estimate of drug-likeness (QED) is 0.587. The minimum atomic E-state index is -0.709. The molecule has 0 aliphatic carbocycles. The van der Waals surface area contributed by atoms with Crippen molar-refractivity contribution in [2.75, 3.05) is 20.3 Å². The number of nitriles is 1. The minimum Gasteiger partial charge on any atom is -0.383 e. The molecule has 0 spiro atoms. The number of ether oxygens (including phenoxy) is 1. The fourth-order valence-electron chi connectivity index (χ4n) is 2.76. The highest BCUT2D eigenvalue weighted by Gasteiger charge is 2.18. The molecule has 0 bridgehead atoms. The van der Waals surface area contributed by atoms with E-state index < -0.39 is 23.1 Å². The summed E-state index contributed by atoms with van der Waals surface area (Å²) in [5.74, 6) is -1.83. The van der Waals surface area contributed by atoms with E-state index in [0.717, 1.165) is 15.9 Å². The summed E-state index contributed by atoms with van der Waals surface area (Å²) < 4.78 is 33.7. The van der Waals surface area contributed by atoms with Gasteiger partial charge in [-0.2, -0.15) is 5.26 Å². The normalized spacial score (nSPS) is 12.4. The van der Waals surface area contributed by atoms with Crippen molar-refractivity contribution in [2.45, 2.75) is 0 Å². The van der Waals surface area contributed by atoms with E-state index in [0.29, 0.717) is 5.56 Å². The number of amides is 1. The summed E-state index contributed by atoms with van der Waals surface area (Å²) >= 11 is 0.872. The van der Waals surface area contributed by atoms with Crippen LogP contribution in [-0.2, 0) is 9.53 Å². The molecule has 3 rings (SSSR count). The van der Waals surface area contributed by atoms with Crippen LogP contribution in [0.25, 0.3) is 17.3 Å². The van der Waals surface area contributed by atoms with Gasteiger partial charge in [0.25, 0.3) is 11.5 Å². The molecule has 6 nitrogen and oxygen atoms in total. The number of methoxy groups -OCH3 is 1. The summed E-state index contributed by atoms with van der Waals surface area (Å²) in [4.78, 5) is 25.7. The second-order valence-electron chi connectivity index (χ2n) is 6.29. The third-order valence-corrected chi connectivity index (χ3v) is 5.32. The first-order chi connectivity index (χ1) is 15.0. The fourth-order valence-corrected chi connectivity index (χ4v) is 3.86. The highest BCUT2D eigenvalue weighted by atomic mass is 32.1. The van der Waals surface area contributed by atoms with Crippen molar-refractivity contribution in [1.82, 2.24) is 9.88 Å². The molecule has 1 amide bonds. The molecule has 1 heterocycles. The Bertz CT molecular complexity index is 1320. The Hall–Kier alpha value is -3.61. The number of thiazole rings is 1. The molecule has 0 saturated heterocycles. The zero-order valence-corrected chi connectivity index (χ0v) is 17.2. The van der Waals surface area contributed by atoms with Crippen molar-refractivity contribution < 1.29 is 18.3 Å². The van der Waals surface area contributed by atoms with Crippen LogP contribution in [0.4, 0.5) is 8.78 Å². The third-order valence-electron chi connectivity index (χ3n) is 4.23. The molecule has 31 heavy (non-hydrogen) atoms. The third kappa shape index (κ3) is 4.94. The second kappa shape index (κ2) is 9.93. The molecule has 0 saturated carbocycles. The second-order valence-corrected chi connectivity index (χ2v) is 7.33. The van der Waals surface area contributed by atoms with Gasteiger partial charge in [-0.1, -0.05) is 24.3 Å². The first-order valence-electron chi connectivity index (χ1n) is 9.12. The van der Waals surface area contributed by atoms with Gasteiger partial charge in [-0.15, -0.1) is 11.3 Å². The summed E-state index contributed by atoms with van der Waals surface area (Å²) in [5.41, 5.74) is -0.489. The van der Waals surface area contributed by atoms with Crippen molar-refractivity contribution in [2.24, 2.45) is 0 Å². The van der Waals surface area contributed by atoms with Gasteiger partial charge in [0, 0.05) is 13.7 Å². The van der Waals surface area contributed by atoms with E-state index in [9.17, 15) is 23.6 Å². The van der Waals surface area contributed by atoms with Crippen molar-refractivity contribution in [3.63, 3.8) is 0 Å². The predicted octanol–water partition coefficient (Wildman–Crippen LogP) is 1.44. The molecule has 3 aromatic rings. The average Bonchev–Trinajstić information content (AvgIpc) is 3.06. The number of halogens is 2. The molecule has 0 aliphatic rings. The van der Waals surface area contributed by atoms with E-state index in [1.54, 1.807) is 6.07 Å². The molecule has 1 N–H and O–H groups in total. The van der Waals surface area contributed by atoms with Gasteiger partial charge in [0.05, 0.1) is 16.8 Å². The van der Waals surface area contributed by atoms with Crippen LogP contribution in [0, 0.1) is 23.0 Å². The number of para-hydroxylation sites is 1. The fraction of sp³-hybridized carbons (Fsp3) is 0.136. The zero-order chi connectivity index (χ0) is 22.4. The first kappa shape index (κ1) is 22.1. The number of nitrogens with zero attached hydrogens (tertiary/aromatic N) is 2. The molecular weight excluding hydrogens is 424 g/mol. The molecule has 9 heteroatoms. The molecule has 0 fully saturated rings. The topological polar surface area (TPSA) is 84.1 Å². The maximum atomic E-state index is 14.5. The van der Waals surface area contributed by atoms with Crippen molar-refractivity contribution in [3.05, 3.63) is 85.3 Å². The van der Waals surface area contributed by atoms with Crippen LogP contribution in [0.2, 0.25) is 0 Å². The molecule has 0 aliphatic heterocycles. The predicted molar refractivity (Wildman–Crippen MR) is 113 cm³/mol. The van der Waals surface area contributed by atoms with E-state index in [2.05, 4.69) is 5.32 Å². The maximum absolute atomic E-state index is 14.5. The Labute approximate surface area is 180 Å². The van der Waals surface area contributed by atoms with Gasteiger partial charge in [0.15, 0.2) is 5.57 Å². The number of carbonyl (C=O) groups is 1. The van der Waals surface area contributed by atoms with E-state index in [1.807, 2.05) is 6.07 Å². The van der Waals surface area contributed by atoms with Gasteiger partial charge < -0.3 is 10.1 Å². The van der Waals surface area contributed by atoms with Crippen LogP contribution in [0.5, 0.6) is 0 Å². The van der Waals surface area contributed by atoms with Crippen LogP contribution in [-0.4, -0.2) is 30.7 Å². The van der Waals surface area contributed by atoms with Crippen molar-refractivity contribution >= 4 is 28.9 Å². The van der Waals surface area contributed by atoms with Gasteiger partial charge in [0.1, 0.15) is 22.4 Å².